The molecule has 0 aromatic heterocycles. The van der Waals surface area contributed by atoms with Gasteiger partial charge in [0.1, 0.15) is 6.04 Å². The number of nitrogens with zero attached hydrogens (tertiary/aromatic N) is 1. The van der Waals surface area contributed by atoms with Crippen molar-refractivity contribution in [2.45, 2.75) is 24.1 Å². The summed E-state index contributed by atoms with van der Waals surface area (Å²) in [5, 5.41) is 0. The molecule has 0 aliphatic carbocycles. The van der Waals surface area contributed by atoms with Gasteiger partial charge in [-0.1, -0.05) is 36.9 Å². The molecule has 126 valence electrons. The second-order valence-electron chi connectivity index (χ2n) is 5.41. The zero-order valence-corrected chi connectivity index (χ0v) is 13.2. The van der Waals surface area contributed by atoms with E-state index in [0.717, 1.165) is 6.08 Å². The van der Waals surface area contributed by atoms with E-state index in [0.29, 0.717) is 5.56 Å². The number of rotatable bonds is 5. The van der Waals surface area contributed by atoms with E-state index in [-0.39, 0.29) is 13.1 Å². The number of alkyl halides is 2. The number of hydrogen-bond donors (Lipinski definition) is 1. The fourth-order valence-electron chi connectivity index (χ4n) is 2.41. The van der Waals surface area contributed by atoms with Crippen molar-refractivity contribution in [3.05, 3.63) is 48.6 Å². The lowest BCUT2D eigenvalue weighted by Gasteiger charge is -2.38. The van der Waals surface area contributed by atoms with Gasteiger partial charge in [0.05, 0.1) is 5.75 Å². The molecule has 8 heteroatoms. The maximum Gasteiger partial charge on any atom is 0.267 e. The molecule has 5 nitrogen and oxygen atoms in total. The Morgan fingerprint density at radius 1 is 1.39 bits per heavy atom. The van der Waals surface area contributed by atoms with Crippen molar-refractivity contribution >= 4 is 15.9 Å². The number of likely N-dealkylation sites (tertiary alicyclic amines) is 1. The maximum absolute atomic E-state index is 14.0. The molecule has 0 radical (unpaired) electrons. The van der Waals surface area contributed by atoms with Crippen LogP contribution in [0.4, 0.5) is 8.78 Å². The summed E-state index contributed by atoms with van der Waals surface area (Å²) < 4.78 is 54.3. The van der Waals surface area contributed by atoms with Crippen LogP contribution < -0.4 is 4.72 Å². The first-order valence-corrected chi connectivity index (χ1v) is 8.72. The molecule has 1 aromatic rings. The molecule has 1 amide bonds. The van der Waals surface area contributed by atoms with E-state index in [9.17, 15) is 22.0 Å². The highest BCUT2D eigenvalue weighted by atomic mass is 32.2. The third-order valence-electron chi connectivity index (χ3n) is 3.64. The van der Waals surface area contributed by atoms with Crippen LogP contribution in [0.1, 0.15) is 12.0 Å². The zero-order valence-electron chi connectivity index (χ0n) is 12.4. The monoisotopic (exact) mass is 344 g/mol. The number of benzene rings is 1. The molecule has 0 saturated carbocycles. The first-order valence-electron chi connectivity index (χ1n) is 7.06. The number of hydrogen-bond acceptors (Lipinski definition) is 3. The predicted molar refractivity (Wildman–Crippen MR) is 82.3 cm³/mol. The van der Waals surface area contributed by atoms with Crippen molar-refractivity contribution in [2.24, 2.45) is 0 Å². The molecule has 1 fully saturated rings. The number of halogens is 2. The Morgan fingerprint density at radius 3 is 2.65 bits per heavy atom. The van der Waals surface area contributed by atoms with Gasteiger partial charge in [-0.15, -0.1) is 0 Å². The van der Waals surface area contributed by atoms with Crippen LogP contribution >= 0.6 is 0 Å². The normalized spacial score (nSPS) is 21.0. The Balaban J connectivity index is 2.11. The van der Waals surface area contributed by atoms with Crippen molar-refractivity contribution in [3.63, 3.8) is 0 Å². The molecule has 0 bridgehead atoms. The van der Waals surface area contributed by atoms with Crippen LogP contribution in [0.15, 0.2) is 43.0 Å². The number of sulfonamides is 1. The highest BCUT2D eigenvalue weighted by Crippen LogP contribution is 2.29. The third-order valence-corrected chi connectivity index (χ3v) is 4.99. The fraction of sp³-hybridized carbons (Fsp3) is 0.400. The van der Waals surface area contributed by atoms with Crippen LogP contribution in [0.2, 0.25) is 0 Å². The summed E-state index contributed by atoms with van der Waals surface area (Å²) in [6, 6.07) is 6.64. The maximum atomic E-state index is 14.0. The van der Waals surface area contributed by atoms with Crippen molar-refractivity contribution in [1.82, 2.24) is 9.62 Å². The quantitative estimate of drug-likeness (QED) is 0.824. The van der Waals surface area contributed by atoms with Crippen molar-refractivity contribution < 1.29 is 22.0 Å². The number of nitrogens with one attached hydrogen (secondary N) is 1. The standard InChI is InChI=1S/C15H18F2N2O3S/c1-2-14(20)19-9-8-15(16,17)13(10-19)18-23(21,22)11-12-6-4-3-5-7-12/h2-7,13,18H,1,8-11H2/t13-/m1/s1. The lowest BCUT2D eigenvalue weighted by Crippen LogP contribution is -2.59. The van der Waals surface area contributed by atoms with Crippen LogP contribution in [0, 0.1) is 0 Å². The van der Waals surface area contributed by atoms with E-state index in [1.807, 2.05) is 4.72 Å². The van der Waals surface area contributed by atoms with E-state index in [2.05, 4.69) is 6.58 Å². The summed E-state index contributed by atoms with van der Waals surface area (Å²) in [6.45, 7) is 2.80. The minimum absolute atomic E-state index is 0.130. The van der Waals surface area contributed by atoms with Crippen LogP contribution in [-0.2, 0) is 20.6 Å². The van der Waals surface area contributed by atoms with Gasteiger partial charge in [0, 0.05) is 19.5 Å². The first kappa shape index (κ1) is 17.6. The van der Waals surface area contributed by atoms with Gasteiger partial charge >= 0.3 is 0 Å². The van der Waals surface area contributed by atoms with Crippen molar-refractivity contribution in [1.29, 1.82) is 0 Å². The van der Waals surface area contributed by atoms with Crippen LogP contribution in [0.5, 0.6) is 0 Å². The molecule has 0 unspecified atom stereocenters. The summed E-state index contributed by atoms with van der Waals surface area (Å²) in [7, 11) is -3.95. The van der Waals surface area contributed by atoms with Gasteiger partial charge in [0.2, 0.25) is 15.9 Å². The van der Waals surface area contributed by atoms with Gasteiger partial charge in [-0.2, -0.15) is 0 Å². The third kappa shape index (κ3) is 4.59. The first-order chi connectivity index (χ1) is 10.7. The Labute approximate surface area is 134 Å². The highest BCUT2D eigenvalue weighted by Gasteiger charge is 2.46. The largest absolute Gasteiger partial charge is 0.337 e. The molecule has 0 spiro atoms. The summed E-state index contributed by atoms with van der Waals surface area (Å²) in [4.78, 5) is 12.7. The van der Waals surface area contributed by atoms with Gasteiger partial charge in [0.15, 0.2) is 0 Å². The molecular formula is C15H18F2N2O3S. The molecule has 2 rings (SSSR count). The second-order valence-corrected chi connectivity index (χ2v) is 7.17. The van der Waals surface area contributed by atoms with E-state index in [4.69, 9.17) is 0 Å². The van der Waals surface area contributed by atoms with E-state index >= 15 is 0 Å². The van der Waals surface area contributed by atoms with Gasteiger partial charge < -0.3 is 4.90 Å². The molecule has 1 heterocycles. The van der Waals surface area contributed by atoms with Crippen LogP contribution in [-0.4, -0.2) is 44.3 Å². The molecule has 1 saturated heterocycles. The minimum atomic E-state index is -3.95. The number of amides is 1. The Kier molecular flexibility index (Phi) is 5.16. The molecule has 1 aromatic carbocycles. The summed E-state index contributed by atoms with van der Waals surface area (Å²) in [5.41, 5.74) is 0.498. The van der Waals surface area contributed by atoms with Crippen LogP contribution in [0.3, 0.4) is 0 Å². The number of piperidine rings is 1. The number of carbonyl (C=O) groups excluding carboxylic acids is 1. The van der Waals surface area contributed by atoms with Gasteiger partial charge in [-0.05, 0) is 11.6 Å². The van der Waals surface area contributed by atoms with E-state index in [1.54, 1.807) is 30.3 Å². The van der Waals surface area contributed by atoms with Crippen molar-refractivity contribution in [3.8, 4) is 0 Å². The molecular weight excluding hydrogens is 326 g/mol. The fourth-order valence-corrected chi connectivity index (χ4v) is 3.80. The molecule has 1 atom stereocenters. The summed E-state index contributed by atoms with van der Waals surface area (Å²) in [6.07, 6.45) is 0.435. The topological polar surface area (TPSA) is 66.5 Å². The second kappa shape index (κ2) is 6.76. The Hall–Kier alpha value is -1.80. The lowest BCUT2D eigenvalue weighted by atomic mass is 10.0. The number of carbonyl (C=O) groups is 1. The van der Waals surface area contributed by atoms with Gasteiger partial charge in [-0.3, -0.25) is 4.79 Å². The smallest absolute Gasteiger partial charge is 0.267 e. The van der Waals surface area contributed by atoms with E-state index in [1.165, 1.54) is 4.90 Å². The zero-order chi connectivity index (χ0) is 17.1. The lowest BCUT2D eigenvalue weighted by molar-refractivity contribution is -0.134. The Bertz CT molecular complexity index is 677. The van der Waals surface area contributed by atoms with Crippen molar-refractivity contribution in [2.75, 3.05) is 13.1 Å². The van der Waals surface area contributed by atoms with Gasteiger partial charge in [0.25, 0.3) is 5.92 Å². The minimum Gasteiger partial charge on any atom is -0.337 e. The average molecular weight is 344 g/mol. The van der Waals surface area contributed by atoms with Crippen LogP contribution in [0.25, 0.3) is 0 Å². The van der Waals surface area contributed by atoms with Gasteiger partial charge in [-0.25, -0.2) is 21.9 Å². The molecule has 1 aliphatic rings. The molecule has 1 aliphatic heterocycles. The Morgan fingerprint density at radius 2 is 2.04 bits per heavy atom. The SMILES string of the molecule is C=CC(=O)N1CCC(F)(F)[C@H](NS(=O)(=O)Cc2ccccc2)C1. The van der Waals surface area contributed by atoms with E-state index < -0.39 is 40.1 Å². The predicted octanol–water partition coefficient (Wildman–Crippen LogP) is 1.53. The molecule has 1 N–H and O–H groups in total. The molecule has 23 heavy (non-hydrogen) atoms. The summed E-state index contributed by atoms with van der Waals surface area (Å²) in [5.74, 6) is -4.09. The highest BCUT2D eigenvalue weighted by molar-refractivity contribution is 7.88. The average Bonchev–Trinajstić information content (AvgIpc) is 2.49. The summed E-state index contributed by atoms with van der Waals surface area (Å²) >= 11 is 0.